The molecule has 0 aromatic heterocycles. The Labute approximate surface area is 112 Å². The first-order valence-electron chi connectivity index (χ1n) is 6.12. The van der Waals surface area contributed by atoms with Crippen LogP contribution < -0.4 is 16.0 Å². The van der Waals surface area contributed by atoms with Gasteiger partial charge in [-0.3, -0.25) is 4.79 Å². The number of benzene rings is 1. The first kappa shape index (κ1) is 13.2. The first-order chi connectivity index (χ1) is 8.61. The van der Waals surface area contributed by atoms with E-state index in [1.54, 1.807) is 0 Å². The summed E-state index contributed by atoms with van der Waals surface area (Å²) < 4.78 is 0. The molecule has 2 unspecified atom stereocenters. The summed E-state index contributed by atoms with van der Waals surface area (Å²) in [6.45, 7) is 3.88. The third-order valence-electron chi connectivity index (χ3n) is 3.18. The zero-order chi connectivity index (χ0) is 13.1. The number of anilines is 1. The second-order valence-corrected chi connectivity index (χ2v) is 5.17. The molecule has 3 N–H and O–H groups in total. The van der Waals surface area contributed by atoms with Gasteiger partial charge >= 0.3 is 0 Å². The monoisotopic (exact) mass is 267 g/mol. The second-order valence-electron chi connectivity index (χ2n) is 4.73. The summed E-state index contributed by atoms with van der Waals surface area (Å²) in [5, 5.41) is 3.58. The number of halogens is 1. The topological polar surface area (TPSA) is 58.4 Å². The van der Waals surface area contributed by atoms with Crippen molar-refractivity contribution in [3.05, 3.63) is 29.3 Å². The lowest BCUT2D eigenvalue weighted by atomic mass is 10.1. The highest BCUT2D eigenvalue weighted by molar-refractivity contribution is 6.30. The molecule has 0 spiro atoms. The summed E-state index contributed by atoms with van der Waals surface area (Å²) in [5.41, 5.74) is 6.69. The third kappa shape index (κ3) is 2.76. The number of carbonyl (C=O) groups excluding carboxylic acids is 1. The van der Waals surface area contributed by atoms with Crippen molar-refractivity contribution in [2.75, 3.05) is 24.5 Å². The predicted octanol–water partition coefficient (Wildman–Crippen LogP) is 1.24. The Morgan fingerprint density at radius 3 is 3.00 bits per heavy atom. The highest BCUT2D eigenvalue weighted by Gasteiger charge is 2.29. The lowest BCUT2D eigenvalue weighted by molar-refractivity contribution is -0.121. The van der Waals surface area contributed by atoms with Crippen molar-refractivity contribution in [3.8, 4) is 0 Å². The molecule has 18 heavy (non-hydrogen) atoms. The van der Waals surface area contributed by atoms with E-state index in [2.05, 4.69) is 12.2 Å². The molecular formula is C13H18ClN3O. The lowest BCUT2D eigenvalue weighted by Gasteiger charge is -2.30. The number of nitrogens with two attached hydrogens (primary N) is 1. The number of rotatable bonds is 2. The van der Waals surface area contributed by atoms with Crippen LogP contribution in [-0.4, -0.2) is 31.6 Å². The molecule has 0 bridgehead atoms. The van der Waals surface area contributed by atoms with Crippen LogP contribution in [0.2, 0.25) is 5.02 Å². The largest absolute Gasteiger partial charge is 0.358 e. The molecule has 1 aliphatic rings. The Morgan fingerprint density at radius 1 is 1.56 bits per heavy atom. The Hall–Kier alpha value is -1.26. The quantitative estimate of drug-likeness (QED) is 0.848. The Balaban J connectivity index is 2.34. The molecule has 5 heteroatoms. The van der Waals surface area contributed by atoms with E-state index in [1.165, 1.54) is 0 Å². The molecule has 0 radical (unpaired) electrons. The molecule has 1 fully saturated rings. The zero-order valence-corrected chi connectivity index (χ0v) is 11.2. The van der Waals surface area contributed by atoms with E-state index in [-0.39, 0.29) is 11.9 Å². The van der Waals surface area contributed by atoms with Crippen molar-refractivity contribution in [2.24, 2.45) is 11.7 Å². The van der Waals surface area contributed by atoms with Crippen molar-refractivity contribution in [1.82, 2.24) is 5.32 Å². The van der Waals surface area contributed by atoms with Gasteiger partial charge in [0.05, 0.1) is 0 Å². The average molecular weight is 268 g/mol. The van der Waals surface area contributed by atoms with E-state index < -0.39 is 0 Å². The van der Waals surface area contributed by atoms with Gasteiger partial charge in [-0.1, -0.05) is 24.6 Å². The van der Waals surface area contributed by atoms with Gasteiger partial charge in [0.25, 0.3) is 0 Å². The molecule has 4 nitrogen and oxygen atoms in total. The summed E-state index contributed by atoms with van der Waals surface area (Å²) in [6.07, 6.45) is 0. The molecule has 1 heterocycles. The van der Waals surface area contributed by atoms with Gasteiger partial charge in [-0.2, -0.15) is 0 Å². The van der Waals surface area contributed by atoms with Gasteiger partial charge in [0.2, 0.25) is 5.91 Å². The molecule has 1 aromatic rings. The predicted molar refractivity (Wildman–Crippen MR) is 73.8 cm³/mol. The summed E-state index contributed by atoms with van der Waals surface area (Å²) >= 11 is 6.01. The minimum absolute atomic E-state index is 0.0122. The van der Waals surface area contributed by atoms with Gasteiger partial charge in [0, 0.05) is 30.3 Å². The number of amides is 1. The van der Waals surface area contributed by atoms with Crippen LogP contribution in [0.3, 0.4) is 0 Å². The van der Waals surface area contributed by atoms with Crippen LogP contribution in [0, 0.1) is 5.92 Å². The number of nitrogens with zero attached hydrogens (tertiary/aromatic N) is 1. The highest BCUT2D eigenvalue weighted by atomic mass is 35.5. The first-order valence-corrected chi connectivity index (χ1v) is 6.49. The molecule has 1 aliphatic heterocycles. The number of nitrogens with one attached hydrogen (secondary N) is 1. The third-order valence-corrected chi connectivity index (χ3v) is 3.41. The Morgan fingerprint density at radius 2 is 2.33 bits per heavy atom. The summed E-state index contributed by atoms with van der Waals surface area (Å²) in [4.78, 5) is 14.0. The van der Waals surface area contributed by atoms with Crippen LogP contribution in [0.1, 0.15) is 6.92 Å². The maximum atomic E-state index is 12.0. The smallest absolute Gasteiger partial charge is 0.244 e. The second kappa shape index (κ2) is 5.59. The molecule has 0 saturated carbocycles. The average Bonchev–Trinajstić information content (AvgIpc) is 2.49. The normalized spacial score (nSPS) is 24.6. The van der Waals surface area contributed by atoms with E-state index >= 15 is 0 Å². The van der Waals surface area contributed by atoms with E-state index in [0.717, 1.165) is 12.2 Å². The molecule has 1 saturated heterocycles. The fourth-order valence-corrected chi connectivity index (χ4v) is 2.42. The number of hydrogen-bond donors (Lipinski definition) is 2. The number of carbonyl (C=O) groups is 1. The minimum Gasteiger partial charge on any atom is -0.358 e. The maximum Gasteiger partial charge on any atom is 0.244 e. The summed E-state index contributed by atoms with van der Waals surface area (Å²) in [7, 11) is 0. The minimum atomic E-state index is -0.326. The van der Waals surface area contributed by atoms with Crippen LogP contribution >= 0.6 is 11.6 Å². The van der Waals surface area contributed by atoms with Crippen LogP contribution in [0.4, 0.5) is 5.69 Å². The summed E-state index contributed by atoms with van der Waals surface area (Å²) in [5.74, 6) is 0.367. The van der Waals surface area contributed by atoms with Gasteiger partial charge in [-0.25, -0.2) is 0 Å². The fraction of sp³-hybridized carbons (Fsp3) is 0.462. The van der Waals surface area contributed by atoms with Crippen molar-refractivity contribution >= 4 is 23.2 Å². The van der Waals surface area contributed by atoms with Crippen LogP contribution in [-0.2, 0) is 4.79 Å². The van der Waals surface area contributed by atoms with E-state index in [0.29, 0.717) is 24.0 Å². The molecular weight excluding hydrogens is 250 g/mol. The van der Waals surface area contributed by atoms with Crippen molar-refractivity contribution in [1.29, 1.82) is 0 Å². The van der Waals surface area contributed by atoms with Gasteiger partial charge in [0.1, 0.15) is 6.04 Å². The van der Waals surface area contributed by atoms with Crippen molar-refractivity contribution < 1.29 is 4.79 Å². The van der Waals surface area contributed by atoms with E-state index in [9.17, 15) is 4.79 Å². The molecule has 2 rings (SSSR count). The Bertz CT molecular complexity index is 438. The number of hydrogen-bond acceptors (Lipinski definition) is 3. The molecule has 2 atom stereocenters. The van der Waals surface area contributed by atoms with Crippen molar-refractivity contribution in [3.63, 3.8) is 0 Å². The van der Waals surface area contributed by atoms with Gasteiger partial charge < -0.3 is 16.0 Å². The van der Waals surface area contributed by atoms with Gasteiger partial charge in [0.15, 0.2) is 0 Å². The van der Waals surface area contributed by atoms with Crippen LogP contribution in [0.15, 0.2) is 24.3 Å². The standard InChI is InChI=1S/C13H18ClN3O/c1-9-7-16-13(18)12(6-15)17(8-9)11-4-2-3-10(14)5-11/h2-5,9,12H,6-8,15H2,1H3,(H,16,18). The van der Waals surface area contributed by atoms with Crippen molar-refractivity contribution in [2.45, 2.75) is 13.0 Å². The SMILES string of the molecule is CC1CNC(=O)C(CN)N(c2cccc(Cl)c2)C1. The lowest BCUT2D eigenvalue weighted by Crippen LogP contribution is -2.49. The zero-order valence-electron chi connectivity index (χ0n) is 10.4. The Kier molecular flexibility index (Phi) is 4.09. The molecule has 1 aromatic carbocycles. The van der Waals surface area contributed by atoms with Crippen LogP contribution in [0.5, 0.6) is 0 Å². The van der Waals surface area contributed by atoms with E-state index in [4.69, 9.17) is 17.3 Å². The van der Waals surface area contributed by atoms with Gasteiger partial charge in [-0.15, -0.1) is 0 Å². The summed E-state index contributed by atoms with van der Waals surface area (Å²) in [6, 6.07) is 7.21. The highest BCUT2D eigenvalue weighted by Crippen LogP contribution is 2.23. The van der Waals surface area contributed by atoms with Gasteiger partial charge in [-0.05, 0) is 24.1 Å². The maximum absolute atomic E-state index is 12.0. The van der Waals surface area contributed by atoms with E-state index in [1.807, 2.05) is 29.2 Å². The molecule has 1 amide bonds. The molecule has 0 aliphatic carbocycles. The molecule has 98 valence electrons. The van der Waals surface area contributed by atoms with Crippen LogP contribution in [0.25, 0.3) is 0 Å². The fourth-order valence-electron chi connectivity index (χ4n) is 2.24.